The lowest BCUT2D eigenvalue weighted by molar-refractivity contribution is 0.114. The number of aryl methyl sites for hydroxylation is 1. The molecule has 6 heteroatoms. The maximum absolute atomic E-state index is 12.1. The summed E-state index contributed by atoms with van der Waals surface area (Å²) in [6.45, 7) is 7.06. The van der Waals surface area contributed by atoms with Crippen LogP contribution in [0.4, 0.5) is 5.69 Å². The topological polar surface area (TPSA) is 81.4 Å². The molecule has 3 N–H and O–H groups in total. The predicted molar refractivity (Wildman–Crippen MR) is 76.4 cm³/mol. The van der Waals surface area contributed by atoms with Crippen LogP contribution in [0.1, 0.15) is 19.4 Å². The molecule has 108 valence electrons. The van der Waals surface area contributed by atoms with Gasteiger partial charge in [0.25, 0.3) is 0 Å². The second-order valence-electron chi connectivity index (χ2n) is 4.89. The number of sulfonamides is 1. The molecule has 5 nitrogen and oxygen atoms in total. The van der Waals surface area contributed by atoms with Crippen LogP contribution >= 0.6 is 0 Å². The van der Waals surface area contributed by atoms with E-state index in [2.05, 4.69) is 4.72 Å². The lowest BCUT2D eigenvalue weighted by Gasteiger charge is -2.11. The third-order valence-electron chi connectivity index (χ3n) is 2.49. The normalized spacial score (nSPS) is 12.0. The van der Waals surface area contributed by atoms with Crippen molar-refractivity contribution >= 4 is 15.7 Å². The Morgan fingerprint density at radius 3 is 2.68 bits per heavy atom. The lowest BCUT2D eigenvalue weighted by atomic mass is 10.2. The van der Waals surface area contributed by atoms with E-state index < -0.39 is 10.0 Å². The summed E-state index contributed by atoms with van der Waals surface area (Å²) in [4.78, 5) is 0.219. The minimum atomic E-state index is -3.52. The van der Waals surface area contributed by atoms with Gasteiger partial charge in [0, 0.05) is 18.8 Å². The molecule has 0 heterocycles. The van der Waals surface area contributed by atoms with Gasteiger partial charge in [-0.1, -0.05) is 19.9 Å². The second-order valence-corrected chi connectivity index (χ2v) is 6.63. The van der Waals surface area contributed by atoms with Gasteiger partial charge in [0.2, 0.25) is 10.0 Å². The fraction of sp³-hybridized carbons (Fsp3) is 0.538. The molecule has 1 aromatic carbocycles. The van der Waals surface area contributed by atoms with Gasteiger partial charge < -0.3 is 10.5 Å². The van der Waals surface area contributed by atoms with Crippen LogP contribution in [0.2, 0.25) is 0 Å². The standard InChI is InChI=1S/C13H22N2O3S/c1-10(2)9-18-7-6-15-19(16,17)13-8-12(14)5-4-11(13)3/h4-5,8,10,15H,6-7,9,14H2,1-3H3. The molecule has 0 aromatic heterocycles. The minimum Gasteiger partial charge on any atom is -0.399 e. The Morgan fingerprint density at radius 2 is 2.05 bits per heavy atom. The highest BCUT2D eigenvalue weighted by Gasteiger charge is 2.16. The van der Waals surface area contributed by atoms with Crippen molar-refractivity contribution in [2.45, 2.75) is 25.7 Å². The molecule has 0 aliphatic rings. The van der Waals surface area contributed by atoms with Gasteiger partial charge in [-0.25, -0.2) is 13.1 Å². The van der Waals surface area contributed by atoms with Crippen LogP contribution < -0.4 is 10.5 Å². The third-order valence-corrected chi connectivity index (χ3v) is 4.09. The van der Waals surface area contributed by atoms with Gasteiger partial charge in [-0.15, -0.1) is 0 Å². The van der Waals surface area contributed by atoms with E-state index in [1.807, 2.05) is 13.8 Å². The summed E-state index contributed by atoms with van der Waals surface area (Å²) in [5.74, 6) is 0.438. The van der Waals surface area contributed by atoms with Gasteiger partial charge in [-0.3, -0.25) is 0 Å². The fourth-order valence-electron chi connectivity index (χ4n) is 1.55. The summed E-state index contributed by atoms with van der Waals surface area (Å²) in [6, 6.07) is 4.84. The molecule has 0 spiro atoms. The summed E-state index contributed by atoms with van der Waals surface area (Å²) in [6.07, 6.45) is 0. The van der Waals surface area contributed by atoms with E-state index in [9.17, 15) is 8.42 Å². The number of nitrogens with two attached hydrogens (primary N) is 1. The van der Waals surface area contributed by atoms with Gasteiger partial charge in [-0.2, -0.15) is 0 Å². The number of ether oxygens (including phenoxy) is 1. The minimum absolute atomic E-state index is 0.219. The van der Waals surface area contributed by atoms with Gasteiger partial charge >= 0.3 is 0 Å². The molecule has 0 amide bonds. The molecule has 0 aliphatic carbocycles. The Labute approximate surface area is 115 Å². The molecule has 0 unspecified atom stereocenters. The molecule has 1 rings (SSSR count). The Hall–Kier alpha value is -1.11. The molecule has 0 atom stereocenters. The predicted octanol–water partition coefficient (Wildman–Crippen LogP) is 1.53. The summed E-state index contributed by atoms with van der Waals surface area (Å²) in [7, 11) is -3.52. The molecule has 0 saturated carbocycles. The maximum Gasteiger partial charge on any atom is 0.240 e. The molecular formula is C13H22N2O3S. The summed E-state index contributed by atoms with van der Waals surface area (Å²) in [5.41, 5.74) is 6.72. The van der Waals surface area contributed by atoms with Crippen LogP contribution in [0, 0.1) is 12.8 Å². The zero-order chi connectivity index (χ0) is 14.5. The summed E-state index contributed by atoms with van der Waals surface area (Å²) >= 11 is 0. The largest absolute Gasteiger partial charge is 0.399 e. The van der Waals surface area contributed by atoms with Crippen molar-refractivity contribution in [1.29, 1.82) is 0 Å². The first kappa shape index (κ1) is 15.9. The number of hydrogen-bond donors (Lipinski definition) is 2. The van der Waals surface area contributed by atoms with Crippen LogP contribution in [-0.2, 0) is 14.8 Å². The van der Waals surface area contributed by atoms with E-state index in [1.165, 1.54) is 6.07 Å². The highest BCUT2D eigenvalue weighted by molar-refractivity contribution is 7.89. The number of benzene rings is 1. The van der Waals surface area contributed by atoms with Crippen LogP contribution in [0.25, 0.3) is 0 Å². The molecule has 0 bridgehead atoms. The van der Waals surface area contributed by atoms with Crippen molar-refractivity contribution < 1.29 is 13.2 Å². The van der Waals surface area contributed by atoms with Crippen molar-refractivity contribution in [2.75, 3.05) is 25.5 Å². The summed E-state index contributed by atoms with van der Waals surface area (Å²) in [5, 5.41) is 0. The number of anilines is 1. The quantitative estimate of drug-likeness (QED) is 0.588. The number of nitrogens with one attached hydrogen (secondary N) is 1. The monoisotopic (exact) mass is 286 g/mol. The van der Waals surface area contributed by atoms with Gasteiger partial charge in [0.1, 0.15) is 0 Å². The van der Waals surface area contributed by atoms with Crippen molar-refractivity contribution in [1.82, 2.24) is 4.72 Å². The first-order valence-electron chi connectivity index (χ1n) is 6.26. The van der Waals surface area contributed by atoms with Gasteiger partial charge in [0.15, 0.2) is 0 Å². The van der Waals surface area contributed by atoms with Crippen LogP contribution in [0.15, 0.2) is 23.1 Å². The van der Waals surface area contributed by atoms with Crippen molar-refractivity contribution in [2.24, 2.45) is 5.92 Å². The fourth-order valence-corrected chi connectivity index (χ4v) is 2.84. The third kappa shape index (κ3) is 5.18. The van der Waals surface area contributed by atoms with E-state index in [-0.39, 0.29) is 11.4 Å². The highest BCUT2D eigenvalue weighted by Crippen LogP contribution is 2.17. The first-order valence-corrected chi connectivity index (χ1v) is 7.75. The van der Waals surface area contributed by atoms with Crippen LogP contribution in [0.3, 0.4) is 0 Å². The van der Waals surface area contributed by atoms with E-state index in [0.29, 0.717) is 30.4 Å². The molecular weight excluding hydrogens is 264 g/mol. The molecule has 19 heavy (non-hydrogen) atoms. The second kappa shape index (κ2) is 6.88. The Balaban J connectivity index is 2.59. The molecule has 0 aliphatic heterocycles. The number of hydrogen-bond acceptors (Lipinski definition) is 4. The number of nitrogen functional groups attached to an aromatic ring is 1. The van der Waals surface area contributed by atoms with E-state index in [1.54, 1.807) is 19.1 Å². The SMILES string of the molecule is Cc1ccc(N)cc1S(=O)(=O)NCCOCC(C)C. The van der Waals surface area contributed by atoms with Crippen LogP contribution in [0.5, 0.6) is 0 Å². The average Bonchev–Trinajstić information content (AvgIpc) is 2.31. The average molecular weight is 286 g/mol. The van der Waals surface area contributed by atoms with Gasteiger partial charge in [0.05, 0.1) is 11.5 Å². The Morgan fingerprint density at radius 1 is 1.37 bits per heavy atom. The Bertz CT molecular complexity index is 513. The Kier molecular flexibility index (Phi) is 5.78. The zero-order valence-electron chi connectivity index (χ0n) is 11.6. The maximum atomic E-state index is 12.1. The molecule has 1 aromatic rings. The summed E-state index contributed by atoms with van der Waals surface area (Å²) < 4.78 is 32.0. The first-order chi connectivity index (χ1) is 8.83. The van der Waals surface area contributed by atoms with E-state index in [0.717, 1.165) is 0 Å². The van der Waals surface area contributed by atoms with Crippen molar-refractivity contribution in [3.05, 3.63) is 23.8 Å². The molecule has 0 saturated heterocycles. The van der Waals surface area contributed by atoms with Crippen molar-refractivity contribution in [3.8, 4) is 0 Å². The lowest BCUT2D eigenvalue weighted by Crippen LogP contribution is -2.28. The highest BCUT2D eigenvalue weighted by atomic mass is 32.2. The zero-order valence-corrected chi connectivity index (χ0v) is 12.5. The number of rotatable bonds is 7. The van der Waals surface area contributed by atoms with Gasteiger partial charge in [-0.05, 0) is 30.5 Å². The van der Waals surface area contributed by atoms with Crippen LogP contribution in [-0.4, -0.2) is 28.2 Å². The molecule has 0 fully saturated rings. The molecule has 0 radical (unpaired) electrons. The smallest absolute Gasteiger partial charge is 0.240 e. The van der Waals surface area contributed by atoms with Crippen molar-refractivity contribution in [3.63, 3.8) is 0 Å². The van der Waals surface area contributed by atoms with E-state index in [4.69, 9.17) is 10.5 Å². The van der Waals surface area contributed by atoms with E-state index >= 15 is 0 Å².